The highest BCUT2D eigenvalue weighted by molar-refractivity contribution is 6.08. The molecule has 1 atom stereocenters. The highest BCUT2D eigenvalue weighted by Gasteiger charge is 2.26. The Labute approximate surface area is 175 Å². The standard InChI is InChI=1S/C25H25N3O2/c26-24(17-4-3-5-17)19-12-13-23-21(14-19)20-6-1-2-7-22(20)28(23)15-16-8-10-18(11-9-16)25(29)27-30/h1-2,6-14,17,24,30H,3-5,15,26H2,(H,27,29). The van der Waals surface area contributed by atoms with Gasteiger partial charge in [-0.05, 0) is 60.2 Å². The van der Waals surface area contributed by atoms with Crippen molar-refractivity contribution in [2.75, 3.05) is 0 Å². The van der Waals surface area contributed by atoms with Crippen LogP contribution in [-0.2, 0) is 6.54 Å². The number of benzene rings is 3. The maximum absolute atomic E-state index is 11.6. The fraction of sp³-hybridized carbons (Fsp3) is 0.240. The Morgan fingerprint density at radius 2 is 1.77 bits per heavy atom. The first-order valence-corrected chi connectivity index (χ1v) is 10.5. The fourth-order valence-electron chi connectivity index (χ4n) is 4.53. The van der Waals surface area contributed by atoms with Gasteiger partial charge in [0.05, 0.1) is 0 Å². The first-order valence-electron chi connectivity index (χ1n) is 10.5. The summed E-state index contributed by atoms with van der Waals surface area (Å²) in [5.74, 6) is 0.0965. The van der Waals surface area contributed by atoms with E-state index in [1.165, 1.54) is 46.6 Å². The summed E-state index contributed by atoms with van der Waals surface area (Å²) in [4.78, 5) is 11.6. The average Bonchev–Trinajstić information content (AvgIpc) is 3.05. The molecule has 4 aromatic rings. The molecule has 0 bridgehead atoms. The van der Waals surface area contributed by atoms with E-state index in [9.17, 15) is 4.79 Å². The molecule has 4 N–H and O–H groups in total. The van der Waals surface area contributed by atoms with Crippen molar-refractivity contribution in [3.05, 3.63) is 83.4 Å². The van der Waals surface area contributed by atoms with Gasteiger partial charge in [-0.15, -0.1) is 0 Å². The number of carbonyl (C=O) groups is 1. The minimum Gasteiger partial charge on any atom is -0.336 e. The molecule has 1 fully saturated rings. The molecule has 1 saturated carbocycles. The monoisotopic (exact) mass is 399 g/mol. The molecule has 0 spiro atoms. The van der Waals surface area contributed by atoms with E-state index in [4.69, 9.17) is 10.9 Å². The highest BCUT2D eigenvalue weighted by Crippen LogP contribution is 2.38. The van der Waals surface area contributed by atoms with Crippen LogP contribution in [0.2, 0.25) is 0 Å². The van der Waals surface area contributed by atoms with Crippen molar-refractivity contribution in [3.63, 3.8) is 0 Å². The third kappa shape index (κ3) is 3.16. The van der Waals surface area contributed by atoms with Crippen LogP contribution in [0.25, 0.3) is 21.8 Å². The second kappa shape index (κ2) is 7.59. The molecule has 5 nitrogen and oxygen atoms in total. The number of hydroxylamine groups is 1. The van der Waals surface area contributed by atoms with Gasteiger partial charge in [0, 0.05) is 40.0 Å². The van der Waals surface area contributed by atoms with Gasteiger partial charge in [0.25, 0.3) is 5.91 Å². The van der Waals surface area contributed by atoms with Gasteiger partial charge in [0.2, 0.25) is 0 Å². The van der Waals surface area contributed by atoms with Crippen molar-refractivity contribution in [3.8, 4) is 0 Å². The molecule has 0 saturated heterocycles. The average molecular weight is 399 g/mol. The SMILES string of the molecule is NC(c1ccc2c(c1)c1ccccc1n2Cc1ccc(C(=O)NO)cc1)C1CCC1. The molecule has 1 unspecified atom stereocenters. The maximum atomic E-state index is 11.6. The van der Waals surface area contributed by atoms with Crippen molar-refractivity contribution >= 4 is 27.7 Å². The largest absolute Gasteiger partial charge is 0.336 e. The molecule has 5 rings (SSSR count). The normalized spacial score (nSPS) is 15.3. The number of nitrogens with zero attached hydrogens (tertiary/aromatic N) is 1. The van der Waals surface area contributed by atoms with Gasteiger partial charge in [0.15, 0.2) is 0 Å². The smallest absolute Gasteiger partial charge is 0.274 e. The van der Waals surface area contributed by atoms with Crippen LogP contribution < -0.4 is 11.2 Å². The van der Waals surface area contributed by atoms with Gasteiger partial charge < -0.3 is 10.3 Å². The lowest BCUT2D eigenvalue weighted by molar-refractivity contribution is 0.0706. The number of rotatable bonds is 5. The molecule has 1 aliphatic rings. The summed E-state index contributed by atoms with van der Waals surface area (Å²) in [5, 5.41) is 11.3. The lowest BCUT2D eigenvalue weighted by Gasteiger charge is -2.31. The first-order chi connectivity index (χ1) is 14.7. The van der Waals surface area contributed by atoms with E-state index in [-0.39, 0.29) is 6.04 Å². The molecule has 30 heavy (non-hydrogen) atoms. The Morgan fingerprint density at radius 3 is 2.47 bits per heavy atom. The summed E-state index contributed by atoms with van der Waals surface area (Å²) in [7, 11) is 0. The van der Waals surface area contributed by atoms with Gasteiger partial charge in [-0.3, -0.25) is 10.0 Å². The van der Waals surface area contributed by atoms with Crippen LogP contribution in [-0.4, -0.2) is 15.7 Å². The minimum absolute atomic E-state index is 0.107. The van der Waals surface area contributed by atoms with E-state index in [0.717, 1.165) is 5.56 Å². The van der Waals surface area contributed by atoms with Crippen LogP contribution in [0.3, 0.4) is 0 Å². The summed E-state index contributed by atoms with van der Waals surface area (Å²) in [6.07, 6.45) is 3.75. The number of amides is 1. The lowest BCUT2D eigenvalue weighted by atomic mass is 9.77. The van der Waals surface area contributed by atoms with E-state index in [1.807, 2.05) is 12.1 Å². The predicted octanol–water partition coefficient (Wildman–Crippen LogP) is 4.76. The second-order valence-electron chi connectivity index (χ2n) is 8.23. The van der Waals surface area contributed by atoms with E-state index < -0.39 is 5.91 Å². The third-order valence-electron chi connectivity index (χ3n) is 6.50. The van der Waals surface area contributed by atoms with E-state index in [0.29, 0.717) is 18.0 Å². The maximum Gasteiger partial charge on any atom is 0.274 e. The highest BCUT2D eigenvalue weighted by atomic mass is 16.5. The summed E-state index contributed by atoms with van der Waals surface area (Å²) in [6.45, 7) is 0.694. The molecule has 1 aromatic heterocycles. The molecular formula is C25H25N3O2. The number of aromatic nitrogens is 1. The number of carbonyl (C=O) groups excluding carboxylic acids is 1. The minimum atomic E-state index is -0.506. The van der Waals surface area contributed by atoms with Crippen LogP contribution in [0.4, 0.5) is 0 Å². The van der Waals surface area contributed by atoms with E-state index in [1.54, 1.807) is 17.6 Å². The van der Waals surface area contributed by atoms with Gasteiger partial charge in [-0.25, -0.2) is 5.48 Å². The van der Waals surface area contributed by atoms with E-state index in [2.05, 4.69) is 47.0 Å². The number of fused-ring (bicyclic) bond motifs is 3. The Bertz CT molecular complexity index is 1220. The summed E-state index contributed by atoms with van der Waals surface area (Å²) in [5.41, 5.74) is 13.3. The van der Waals surface area contributed by atoms with Crippen LogP contribution in [0, 0.1) is 5.92 Å². The number of nitrogens with two attached hydrogens (primary N) is 1. The Morgan fingerprint density at radius 1 is 1.03 bits per heavy atom. The Balaban J connectivity index is 1.56. The topological polar surface area (TPSA) is 80.3 Å². The molecule has 0 radical (unpaired) electrons. The number of para-hydroxylation sites is 1. The van der Waals surface area contributed by atoms with Crippen molar-refractivity contribution in [2.24, 2.45) is 11.7 Å². The fourth-order valence-corrected chi connectivity index (χ4v) is 4.53. The van der Waals surface area contributed by atoms with Crippen molar-refractivity contribution < 1.29 is 10.0 Å². The number of hydrogen-bond donors (Lipinski definition) is 3. The molecule has 3 aromatic carbocycles. The Hall–Kier alpha value is -3.15. The van der Waals surface area contributed by atoms with Crippen LogP contribution in [0.5, 0.6) is 0 Å². The van der Waals surface area contributed by atoms with Gasteiger partial charge in [0.1, 0.15) is 0 Å². The summed E-state index contributed by atoms with van der Waals surface area (Å²) < 4.78 is 2.31. The van der Waals surface area contributed by atoms with Crippen LogP contribution >= 0.6 is 0 Å². The lowest BCUT2D eigenvalue weighted by Crippen LogP contribution is -2.26. The van der Waals surface area contributed by atoms with Gasteiger partial charge in [-0.2, -0.15) is 0 Å². The zero-order valence-corrected chi connectivity index (χ0v) is 16.7. The molecule has 5 heteroatoms. The van der Waals surface area contributed by atoms with E-state index >= 15 is 0 Å². The number of nitrogens with one attached hydrogen (secondary N) is 1. The van der Waals surface area contributed by atoms with Crippen molar-refractivity contribution in [2.45, 2.75) is 31.8 Å². The first kappa shape index (κ1) is 18.9. The zero-order chi connectivity index (χ0) is 20.7. The van der Waals surface area contributed by atoms with Crippen LogP contribution in [0.15, 0.2) is 66.7 Å². The summed E-state index contributed by atoms with van der Waals surface area (Å²) >= 11 is 0. The Kier molecular flexibility index (Phi) is 4.77. The second-order valence-corrected chi connectivity index (χ2v) is 8.23. The molecule has 152 valence electrons. The van der Waals surface area contributed by atoms with Crippen molar-refractivity contribution in [1.82, 2.24) is 10.0 Å². The number of hydrogen-bond acceptors (Lipinski definition) is 3. The molecular weight excluding hydrogens is 374 g/mol. The van der Waals surface area contributed by atoms with Crippen molar-refractivity contribution in [1.29, 1.82) is 0 Å². The predicted molar refractivity (Wildman–Crippen MR) is 119 cm³/mol. The van der Waals surface area contributed by atoms with Gasteiger partial charge in [-0.1, -0.05) is 42.8 Å². The quantitative estimate of drug-likeness (QED) is 0.334. The molecule has 1 aliphatic carbocycles. The molecule has 0 aliphatic heterocycles. The van der Waals surface area contributed by atoms with Crippen LogP contribution in [0.1, 0.15) is 46.8 Å². The molecule has 1 heterocycles. The third-order valence-corrected chi connectivity index (χ3v) is 6.50. The summed E-state index contributed by atoms with van der Waals surface area (Å²) in [6, 6.07) is 22.5. The molecule has 1 amide bonds. The zero-order valence-electron chi connectivity index (χ0n) is 16.7. The van der Waals surface area contributed by atoms with Gasteiger partial charge >= 0.3 is 0 Å².